The third-order valence-electron chi connectivity index (χ3n) is 9.92. The van der Waals surface area contributed by atoms with Crippen LogP contribution in [0.1, 0.15) is 58.0 Å². The molecule has 0 aliphatic carbocycles. The smallest absolute Gasteiger partial charge is 0.338 e. The molecule has 2 aromatic heterocycles. The lowest BCUT2D eigenvalue weighted by Crippen LogP contribution is -2.54. The summed E-state index contributed by atoms with van der Waals surface area (Å²) in [6.45, 7) is -0.655. The van der Waals surface area contributed by atoms with Gasteiger partial charge in [0.15, 0.2) is 41.4 Å². The monoisotopic (exact) mass is 866 g/mol. The van der Waals surface area contributed by atoms with Crippen LogP contribution in [0, 0.1) is 0 Å². The molecule has 0 spiro atoms. The lowest BCUT2D eigenvalue weighted by molar-refractivity contribution is -0.153. The number of fused-ring (bicyclic) bond motifs is 1. The molecule has 1 fully saturated rings. The van der Waals surface area contributed by atoms with Crippen LogP contribution >= 0.6 is 11.6 Å². The van der Waals surface area contributed by atoms with Crippen LogP contribution in [0.3, 0.4) is 0 Å². The number of hydrogen-bond acceptors (Lipinski definition) is 14. The molecule has 6 atom stereocenters. The van der Waals surface area contributed by atoms with E-state index in [1.807, 2.05) is 0 Å². The summed E-state index contributed by atoms with van der Waals surface area (Å²) in [6, 6.07) is 39.7. The highest BCUT2D eigenvalue weighted by Gasteiger charge is 2.56. The van der Waals surface area contributed by atoms with Gasteiger partial charge in [-0.25, -0.2) is 38.9 Å². The summed E-state index contributed by atoms with van der Waals surface area (Å²) < 4.78 is 39.2. The molecule has 7 aromatic rings. The van der Waals surface area contributed by atoms with Crippen LogP contribution in [0.5, 0.6) is 0 Å². The molecule has 0 bridgehead atoms. The van der Waals surface area contributed by atoms with Crippen LogP contribution in [0.25, 0.3) is 11.2 Å². The maximum absolute atomic E-state index is 14.3. The van der Waals surface area contributed by atoms with Crippen LogP contribution in [-0.4, -0.2) is 86.5 Å². The number of carbonyl (C=O) groups excluding carboxylic acids is 5. The predicted octanol–water partition coefficient (Wildman–Crippen LogP) is 7.14. The van der Waals surface area contributed by atoms with E-state index in [9.17, 15) is 24.0 Å². The fourth-order valence-electron chi connectivity index (χ4n) is 6.86. The number of carbonyl (C=O) groups is 5. The third-order valence-corrected chi connectivity index (χ3v) is 10.2. The predicted molar refractivity (Wildman–Crippen MR) is 224 cm³/mol. The molecule has 0 amide bonds. The Balaban J connectivity index is 1.34. The average Bonchev–Trinajstić information content (AvgIpc) is 3.74. The highest BCUT2D eigenvalue weighted by Crippen LogP contribution is 2.38. The quantitative estimate of drug-likeness (QED) is 0.0686. The van der Waals surface area contributed by atoms with Crippen molar-refractivity contribution in [1.29, 1.82) is 0 Å². The molecule has 63 heavy (non-hydrogen) atoms. The van der Waals surface area contributed by atoms with E-state index in [0.29, 0.717) is 0 Å². The minimum atomic E-state index is -1.86. The number of hydrogen-bond donors (Lipinski definition) is 0. The van der Waals surface area contributed by atoms with Gasteiger partial charge in [0.2, 0.25) is 0 Å². The zero-order chi connectivity index (χ0) is 43.7. The molecule has 0 radical (unpaired) electrons. The van der Waals surface area contributed by atoms with E-state index in [2.05, 4.69) is 15.0 Å². The molecule has 3 heterocycles. The SMILES string of the molecule is O=C(OC[C@H]1O[C@@H](n2cnc3c(Cl)ncnc32)[C@H](OC(=O)c2ccccc2)[C@H](OC(=O)c2ccccc2)[C@@H](OC(=O)c2ccccc2)[C@@H]1OC(=O)c1ccccc1)c1ccccc1. The van der Waals surface area contributed by atoms with Crippen molar-refractivity contribution in [3.8, 4) is 0 Å². The molecule has 1 aliphatic rings. The summed E-state index contributed by atoms with van der Waals surface area (Å²) >= 11 is 6.46. The van der Waals surface area contributed by atoms with Crippen LogP contribution in [0.15, 0.2) is 164 Å². The van der Waals surface area contributed by atoms with E-state index in [4.69, 9.17) is 40.0 Å². The largest absolute Gasteiger partial charge is 0.459 e. The molecular formula is C47H35ClN4O11. The number of benzene rings is 5. The fourth-order valence-corrected chi connectivity index (χ4v) is 7.04. The van der Waals surface area contributed by atoms with E-state index in [0.717, 1.165) is 0 Å². The second kappa shape index (κ2) is 19.3. The molecule has 0 saturated carbocycles. The first-order valence-corrected chi connectivity index (χ1v) is 19.9. The van der Waals surface area contributed by atoms with Gasteiger partial charge in [-0.05, 0) is 60.7 Å². The van der Waals surface area contributed by atoms with Gasteiger partial charge in [-0.2, -0.15) is 0 Å². The maximum Gasteiger partial charge on any atom is 0.338 e. The van der Waals surface area contributed by atoms with Crippen molar-refractivity contribution >= 4 is 52.6 Å². The number of aromatic nitrogens is 4. The number of esters is 5. The Kier molecular flexibility index (Phi) is 12.9. The van der Waals surface area contributed by atoms with E-state index < -0.39 is 73.2 Å². The molecule has 15 nitrogen and oxygen atoms in total. The first-order valence-electron chi connectivity index (χ1n) is 19.5. The standard InChI is InChI=1S/C47H35ClN4O11/c48-40-35-41(50-27-49-40)52(28-51-35)42-39(63-47(57)33-24-14-5-15-25-33)38(62-46(56)32-22-12-4-13-23-32)37(61-45(55)31-20-10-3-11-21-31)36(60-44(54)30-18-8-2-9-19-30)34(59-42)26-58-43(53)29-16-6-1-7-17-29/h1-25,27-28,34,36-39,42H,26H2/t34-,36-,37+,38-,39-,42-/m1/s1. The van der Waals surface area contributed by atoms with Crippen LogP contribution in [0.4, 0.5) is 0 Å². The van der Waals surface area contributed by atoms with Gasteiger partial charge in [-0.15, -0.1) is 0 Å². The van der Waals surface area contributed by atoms with Crippen LogP contribution < -0.4 is 0 Å². The highest BCUT2D eigenvalue weighted by atomic mass is 35.5. The van der Waals surface area contributed by atoms with Gasteiger partial charge in [-0.3, -0.25) is 4.57 Å². The molecule has 16 heteroatoms. The lowest BCUT2D eigenvalue weighted by atomic mass is 9.98. The van der Waals surface area contributed by atoms with Crippen LogP contribution in [-0.2, 0) is 28.4 Å². The first-order chi connectivity index (χ1) is 30.7. The fraction of sp³-hybridized carbons (Fsp3) is 0.149. The summed E-state index contributed by atoms with van der Waals surface area (Å²) in [5, 5.41) is -0.0325. The Morgan fingerprint density at radius 2 is 0.873 bits per heavy atom. The molecule has 0 unspecified atom stereocenters. The number of imidazole rings is 1. The summed E-state index contributed by atoms with van der Waals surface area (Å²) in [4.78, 5) is 83.4. The topological polar surface area (TPSA) is 184 Å². The van der Waals surface area contributed by atoms with Crippen molar-refractivity contribution in [2.75, 3.05) is 6.61 Å². The normalized spacial score (nSPS) is 19.5. The Morgan fingerprint density at radius 1 is 0.492 bits per heavy atom. The summed E-state index contributed by atoms with van der Waals surface area (Å²) in [6.07, 6.45) is -8.00. The van der Waals surface area contributed by atoms with Gasteiger partial charge in [0, 0.05) is 0 Å². The number of halogens is 1. The molecular weight excluding hydrogens is 832 g/mol. The van der Waals surface area contributed by atoms with Gasteiger partial charge in [0.25, 0.3) is 0 Å². The number of rotatable bonds is 12. The maximum atomic E-state index is 14.3. The summed E-state index contributed by atoms with van der Waals surface area (Å²) in [7, 11) is 0. The second-order valence-electron chi connectivity index (χ2n) is 14.0. The Morgan fingerprint density at radius 3 is 1.32 bits per heavy atom. The Bertz CT molecular complexity index is 2710. The Hall–Kier alpha value is -7.75. The highest BCUT2D eigenvalue weighted by molar-refractivity contribution is 6.33. The van der Waals surface area contributed by atoms with Gasteiger partial charge >= 0.3 is 29.8 Å². The zero-order valence-electron chi connectivity index (χ0n) is 32.9. The summed E-state index contributed by atoms with van der Waals surface area (Å²) in [5.41, 5.74) is 0.687. The van der Waals surface area contributed by atoms with E-state index in [1.165, 1.54) is 77.9 Å². The van der Waals surface area contributed by atoms with Crippen molar-refractivity contribution in [2.24, 2.45) is 0 Å². The minimum absolute atomic E-state index is 0.0325. The molecule has 1 aliphatic heterocycles. The lowest BCUT2D eigenvalue weighted by Gasteiger charge is -2.35. The van der Waals surface area contributed by atoms with Gasteiger partial charge in [0.05, 0.1) is 34.1 Å². The van der Waals surface area contributed by atoms with Crippen molar-refractivity contribution in [2.45, 2.75) is 36.7 Å². The second-order valence-corrected chi connectivity index (χ2v) is 14.3. The van der Waals surface area contributed by atoms with E-state index >= 15 is 0 Å². The molecule has 316 valence electrons. The van der Waals surface area contributed by atoms with Crippen molar-refractivity contribution in [3.63, 3.8) is 0 Å². The zero-order valence-corrected chi connectivity index (χ0v) is 33.7. The van der Waals surface area contributed by atoms with Crippen molar-refractivity contribution in [3.05, 3.63) is 197 Å². The molecule has 1 saturated heterocycles. The number of nitrogens with zero attached hydrogens (tertiary/aromatic N) is 4. The number of ether oxygens (including phenoxy) is 6. The van der Waals surface area contributed by atoms with Crippen molar-refractivity contribution < 1.29 is 52.4 Å². The van der Waals surface area contributed by atoms with Gasteiger partial charge in [0.1, 0.15) is 24.6 Å². The van der Waals surface area contributed by atoms with E-state index in [-0.39, 0.29) is 44.1 Å². The third kappa shape index (κ3) is 9.59. The Labute approximate surface area is 364 Å². The minimum Gasteiger partial charge on any atom is -0.459 e. The molecule has 0 N–H and O–H groups in total. The molecule has 8 rings (SSSR count). The van der Waals surface area contributed by atoms with Crippen LogP contribution in [0.2, 0.25) is 5.15 Å². The summed E-state index contributed by atoms with van der Waals surface area (Å²) in [5.74, 6) is -4.49. The van der Waals surface area contributed by atoms with Crippen molar-refractivity contribution in [1.82, 2.24) is 19.5 Å². The van der Waals surface area contributed by atoms with Gasteiger partial charge in [-0.1, -0.05) is 103 Å². The van der Waals surface area contributed by atoms with Gasteiger partial charge < -0.3 is 28.4 Å². The average molecular weight is 867 g/mol. The molecule has 5 aromatic carbocycles. The first kappa shape index (κ1) is 42.0. The van der Waals surface area contributed by atoms with E-state index in [1.54, 1.807) is 91.0 Å².